The lowest BCUT2D eigenvalue weighted by molar-refractivity contribution is 0.352. The fourth-order valence-electron chi connectivity index (χ4n) is 1.95. The van der Waals surface area contributed by atoms with E-state index in [1.807, 2.05) is 0 Å². The Bertz CT molecular complexity index is 84.0. The van der Waals surface area contributed by atoms with E-state index in [2.05, 4.69) is 27.7 Å². The van der Waals surface area contributed by atoms with Gasteiger partial charge in [-0.05, 0) is 18.3 Å². The molecule has 0 radical (unpaired) electrons. The average Bonchev–Trinajstić information content (AvgIpc) is 2.00. The summed E-state index contributed by atoms with van der Waals surface area (Å²) in [6, 6.07) is 0. The van der Waals surface area contributed by atoms with Crippen LogP contribution < -0.4 is 0 Å². The highest BCUT2D eigenvalue weighted by Crippen LogP contribution is 2.22. The van der Waals surface area contributed by atoms with Gasteiger partial charge in [0.05, 0.1) is 0 Å². The molecule has 0 aliphatic heterocycles. The van der Waals surface area contributed by atoms with Crippen molar-refractivity contribution in [3.63, 3.8) is 0 Å². The summed E-state index contributed by atoms with van der Waals surface area (Å²) in [5.74, 6) is 1.90. The highest BCUT2D eigenvalue weighted by Gasteiger charge is 2.08. The molecule has 0 heteroatoms. The van der Waals surface area contributed by atoms with E-state index in [1.165, 1.54) is 38.5 Å². The first-order chi connectivity index (χ1) is 5.70. The van der Waals surface area contributed by atoms with Crippen LogP contribution in [0.4, 0.5) is 0 Å². The standard InChI is InChI=1S/C12H26/c1-5-7-9-12(8-6-2)10-11(3)4/h11-12H,5-10H2,1-4H3. The molecular weight excluding hydrogens is 144 g/mol. The minimum absolute atomic E-state index is 0.887. The lowest BCUT2D eigenvalue weighted by Crippen LogP contribution is -2.04. The van der Waals surface area contributed by atoms with Gasteiger partial charge in [0, 0.05) is 0 Å². The Morgan fingerprint density at radius 1 is 0.917 bits per heavy atom. The third kappa shape index (κ3) is 6.69. The maximum atomic E-state index is 2.34. The van der Waals surface area contributed by atoms with E-state index in [0.29, 0.717) is 0 Å². The zero-order valence-corrected chi connectivity index (χ0v) is 9.40. The molecule has 0 bridgehead atoms. The smallest absolute Gasteiger partial charge is 0.0412 e. The van der Waals surface area contributed by atoms with Gasteiger partial charge in [-0.3, -0.25) is 0 Å². The molecule has 0 heterocycles. The van der Waals surface area contributed by atoms with Gasteiger partial charge in [-0.1, -0.05) is 59.8 Å². The van der Waals surface area contributed by atoms with E-state index in [0.717, 1.165) is 11.8 Å². The minimum Gasteiger partial charge on any atom is -0.0654 e. The predicted octanol–water partition coefficient (Wildman–Crippen LogP) is 4.64. The monoisotopic (exact) mass is 170 g/mol. The topological polar surface area (TPSA) is 0 Å². The second-order valence-electron chi connectivity index (χ2n) is 4.43. The Balaban J connectivity index is 3.54. The van der Waals surface area contributed by atoms with Crippen LogP contribution in [0.2, 0.25) is 0 Å². The Morgan fingerprint density at radius 3 is 2.00 bits per heavy atom. The van der Waals surface area contributed by atoms with Crippen LogP contribution in [0.25, 0.3) is 0 Å². The van der Waals surface area contributed by atoms with Crippen molar-refractivity contribution >= 4 is 0 Å². The lowest BCUT2D eigenvalue weighted by Gasteiger charge is -2.17. The minimum atomic E-state index is 0.887. The summed E-state index contributed by atoms with van der Waals surface area (Å²) in [4.78, 5) is 0. The van der Waals surface area contributed by atoms with Crippen molar-refractivity contribution in [1.29, 1.82) is 0 Å². The van der Waals surface area contributed by atoms with Gasteiger partial charge in [0.2, 0.25) is 0 Å². The van der Waals surface area contributed by atoms with Crippen molar-refractivity contribution < 1.29 is 0 Å². The van der Waals surface area contributed by atoms with E-state index in [-0.39, 0.29) is 0 Å². The Kier molecular flexibility index (Phi) is 7.64. The van der Waals surface area contributed by atoms with E-state index in [9.17, 15) is 0 Å². The first-order valence-corrected chi connectivity index (χ1v) is 5.70. The molecule has 0 fully saturated rings. The first kappa shape index (κ1) is 12.0. The molecule has 0 saturated carbocycles. The van der Waals surface area contributed by atoms with Crippen LogP contribution in [0.5, 0.6) is 0 Å². The largest absolute Gasteiger partial charge is 0.0654 e. The number of unbranched alkanes of at least 4 members (excludes halogenated alkanes) is 1. The van der Waals surface area contributed by atoms with Gasteiger partial charge >= 0.3 is 0 Å². The zero-order valence-electron chi connectivity index (χ0n) is 9.40. The molecule has 0 aliphatic rings. The fourth-order valence-corrected chi connectivity index (χ4v) is 1.95. The summed E-state index contributed by atoms with van der Waals surface area (Å²) in [7, 11) is 0. The van der Waals surface area contributed by atoms with Crippen molar-refractivity contribution in [2.45, 2.75) is 66.2 Å². The van der Waals surface area contributed by atoms with Gasteiger partial charge in [-0.25, -0.2) is 0 Å². The van der Waals surface area contributed by atoms with Gasteiger partial charge in [0.1, 0.15) is 0 Å². The molecule has 12 heavy (non-hydrogen) atoms. The predicted molar refractivity (Wildman–Crippen MR) is 57.4 cm³/mol. The molecule has 1 unspecified atom stereocenters. The van der Waals surface area contributed by atoms with Crippen LogP contribution in [0.1, 0.15) is 66.2 Å². The maximum absolute atomic E-state index is 2.34. The van der Waals surface area contributed by atoms with E-state index in [1.54, 1.807) is 0 Å². The molecule has 0 saturated heterocycles. The highest BCUT2D eigenvalue weighted by molar-refractivity contribution is 4.61. The summed E-state index contributed by atoms with van der Waals surface area (Å²) >= 11 is 0. The van der Waals surface area contributed by atoms with Crippen LogP contribution in [-0.4, -0.2) is 0 Å². The van der Waals surface area contributed by atoms with Gasteiger partial charge < -0.3 is 0 Å². The molecular formula is C12H26. The van der Waals surface area contributed by atoms with E-state index >= 15 is 0 Å². The molecule has 0 amide bonds. The van der Waals surface area contributed by atoms with Crippen molar-refractivity contribution in [3.8, 4) is 0 Å². The average molecular weight is 170 g/mol. The van der Waals surface area contributed by atoms with Crippen molar-refractivity contribution in [2.24, 2.45) is 11.8 Å². The van der Waals surface area contributed by atoms with Crippen molar-refractivity contribution in [2.75, 3.05) is 0 Å². The molecule has 0 N–H and O–H groups in total. The van der Waals surface area contributed by atoms with Crippen LogP contribution in [0.3, 0.4) is 0 Å². The second-order valence-corrected chi connectivity index (χ2v) is 4.43. The molecule has 0 aliphatic carbocycles. The summed E-state index contributed by atoms with van der Waals surface area (Å²) in [5.41, 5.74) is 0. The quantitative estimate of drug-likeness (QED) is 0.522. The summed E-state index contributed by atoms with van der Waals surface area (Å²) < 4.78 is 0. The molecule has 1 atom stereocenters. The number of hydrogen-bond donors (Lipinski definition) is 0. The normalized spacial score (nSPS) is 13.8. The van der Waals surface area contributed by atoms with E-state index in [4.69, 9.17) is 0 Å². The summed E-state index contributed by atoms with van der Waals surface area (Å²) in [5, 5.41) is 0. The highest BCUT2D eigenvalue weighted by atomic mass is 14.1. The first-order valence-electron chi connectivity index (χ1n) is 5.70. The Morgan fingerprint density at radius 2 is 1.58 bits per heavy atom. The molecule has 0 aromatic heterocycles. The molecule has 0 aromatic carbocycles. The maximum Gasteiger partial charge on any atom is -0.0412 e. The molecule has 74 valence electrons. The van der Waals surface area contributed by atoms with Crippen molar-refractivity contribution in [3.05, 3.63) is 0 Å². The number of hydrogen-bond acceptors (Lipinski definition) is 0. The van der Waals surface area contributed by atoms with E-state index < -0.39 is 0 Å². The van der Waals surface area contributed by atoms with Gasteiger partial charge in [-0.15, -0.1) is 0 Å². The third-order valence-electron chi connectivity index (χ3n) is 2.47. The molecule has 0 aromatic rings. The van der Waals surface area contributed by atoms with Gasteiger partial charge in [-0.2, -0.15) is 0 Å². The van der Waals surface area contributed by atoms with Crippen LogP contribution in [0, 0.1) is 11.8 Å². The fraction of sp³-hybridized carbons (Fsp3) is 1.00. The van der Waals surface area contributed by atoms with Gasteiger partial charge in [0.25, 0.3) is 0 Å². The second kappa shape index (κ2) is 7.64. The van der Waals surface area contributed by atoms with Crippen LogP contribution >= 0.6 is 0 Å². The third-order valence-corrected chi connectivity index (χ3v) is 2.47. The van der Waals surface area contributed by atoms with Crippen LogP contribution in [-0.2, 0) is 0 Å². The molecule has 0 rings (SSSR count). The summed E-state index contributed by atoms with van der Waals surface area (Å²) in [6.07, 6.45) is 8.49. The van der Waals surface area contributed by atoms with Crippen molar-refractivity contribution in [1.82, 2.24) is 0 Å². The Labute approximate surface area is 78.8 Å². The molecule has 0 nitrogen and oxygen atoms in total. The van der Waals surface area contributed by atoms with Gasteiger partial charge in [0.15, 0.2) is 0 Å². The Hall–Kier alpha value is 0. The number of rotatable bonds is 7. The zero-order chi connectivity index (χ0) is 9.40. The molecule has 0 spiro atoms. The lowest BCUT2D eigenvalue weighted by atomic mass is 9.89. The SMILES string of the molecule is CCCCC(CCC)CC(C)C. The van der Waals surface area contributed by atoms with Crippen LogP contribution in [0.15, 0.2) is 0 Å². The summed E-state index contributed by atoms with van der Waals surface area (Å²) in [6.45, 7) is 9.28.